The molecule has 0 aliphatic heterocycles. The third-order valence-corrected chi connectivity index (χ3v) is 2.68. The van der Waals surface area contributed by atoms with Crippen molar-refractivity contribution in [2.45, 2.75) is 6.92 Å². The number of carboxylic acid groups (broad SMARTS) is 1. The van der Waals surface area contributed by atoms with Crippen molar-refractivity contribution in [3.63, 3.8) is 0 Å². The number of benzene rings is 1. The number of hydrogen-bond acceptors (Lipinski definition) is 2. The highest BCUT2D eigenvalue weighted by Crippen LogP contribution is 2.31. The second-order valence-corrected chi connectivity index (χ2v) is 4.31. The van der Waals surface area contributed by atoms with Crippen LogP contribution in [-0.4, -0.2) is 17.0 Å². The molecule has 0 aromatic heterocycles. The first-order valence-corrected chi connectivity index (χ1v) is 6.04. The van der Waals surface area contributed by atoms with Gasteiger partial charge in [-0.05, 0) is 19.1 Å². The SMILES string of the molecule is CC=CC=CC(=O)Nc1c(Cl)cc(C(=O)O)cc1Cl. The van der Waals surface area contributed by atoms with E-state index in [1.807, 2.05) is 6.92 Å². The fourth-order valence-electron chi connectivity index (χ4n) is 1.23. The molecule has 100 valence electrons. The van der Waals surface area contributed by atoms with E-state index in [1.54, 1.807) is 18.2 Å². The molecule has 1 aromatic carbocycles. The summed E-state index contributed by atoms with van der Waals surface area (Å²) in [6.45, 7) is 1.82. The monoisotopic (exact) mass is 299 g/mol. The lowest BCUT2D eigenvalue weighted by atomic mass is 10.2. The second kappa shape index (κ2) is 6.97. The minimum Gasteiger partial charge on any atom is -0.478 e. The van der Waals surface area contributed by atoms with Crippen molar-refractivity contribution in [2.24, 2.45) is 0 Å². The van der Waals surface area contributed by atoms with E-state index in [4.69, 9.17) is 28.3 Å². The number of aromatic carboxylic acids is 1. The van der Waals surface area contributed by atoms with E-state index in [9.17, 15) is 9.59 Å². The number of allylic oxidation sites excluding steroid dienone is 3. The smallest absolute Gasteiger partial charge is 0.335 e. The third kappa shape index (κ3) is 4.43. The second-order valence-electron chi connectivity index (χ2n) is 3.49. The highest BCUT2D eigenvalue weighted by atomic mass is 35.5. The van der Waals surface area contributed by atoms with Crippen LogP contribution in [0.4, 0.5) is 5.69 Å². The summed E-state index contributed by atoms with van der Waals surface area (Å²) in [5.41, 5.74) is 0.140. The van der Waals surface area contributed by atoms with Gasteiger partial charge in [-0.15, -0.1) is 0 Å². The zero-order valence-corrected chi connectivity index (χ0v) is 11.5. The van der Waals surface area contributed by atoms with Crippen molar-refractivity contribution in [3.8, 4) is 0 Å². The number of carboxylic acids is 1. The lowest BCUT2D eigenvalue weighted by Gasteiger charge is -2.08. The van der Waals surface area contributed by atoms with Crippen LogP contribution in [0.25, 0.3) is 0 Å². The highest BCUT2D eigenvalue weighted by molar-refractivity contribution is 6.40. The van der Waals surface area contributed by atoms with Crippen LogP contribution in [0.2, 0.25) is 10.0 Å². The Labute approximate surface area is 120 Å². The molecule has 2 N–H and O–H groups in total. The van der Waals surface area contributed by atoms with Crippen molar-refractivity contribution < 1.29 is 14.7 Å². The molecule has 0 bridgehead atoms. The topological polar surface area (TPSA) is 66.4 Å². The Balaban J connectivity index is 2.96. The molecule has 0 aliphatic carbocycles. The number of anilines is 1. The van der Waals surface area contributed by atoms with Gasteiger partial charge in [0.2, 0.25) is 5.91 Å². The highest BCUT2D eigenvalue weighted by Gasteiger charge is 2.13. The van der Waals surface area contributed by atoms with Gasteiger partial charge in [-0.1, -0.05) is 41.4 Å². The van der Waals surface area contributed by atoms with Gasteiger partial charge in [0.05, 0.1) is 21.3 Å². The fraction of sp³-hybridized carbons (Fsp3) is 0.0769. The molecule has 4 nitrogen and oxygen atoms in total. The largest absolute Gasteiger partial charge is 0.478 e. The molecule has 0 heterocycles. The van der Waals surface area contributed by atoms with Gasteiger partial charge in [-0.2, -0.15) is 0 Å². The third-order valence-electron chi connectivity index (χ3n) is 2.09. The molecule has 1 amide bonds. The number of carbonyl (C=O) groups is 2. The molecular formula is C13H11Cl2NO3. The van der Waals surface area contributed by atoms with E-state index in [0.717, 1.165) is 0 Å². The summed E-state index contributed by atoms with van der Waals surface area (Å²) in [6.07, 6.45) is 6.32. The molecule has 0 unspecified atom stereocenters. The number of rotatable bonds is 4. The predicted molar refractivity (Wildman–Crippen MR) is 76.0 cm³/mol. The molecule has 0 fully saturated rings. The Morgan fingerprint density at radius 3 is 2.26 bits per heavy atom. The maximum atomic E-state index is 11.5. The van der Waals surface area contributed by atoms with Crippen molar-refractivity contribution in [2.75, 3.05) is 5.32 Å². The van der Waals surface area contributed by atoms with Gasteiger partial charge < -0.3 is 10.4 Å². The van der Waals surface area contributed by atoms with Gasteiger partial charge in [-0.3, -0.25) is 4.79 Å². The molecule has 19 heavy (non-hydrogen) atoms. The molecule has 0 spiro atoms. The van der Waals surface area contributed by atoms with E-state index in [2.05, 4.69) is 5.32 Å². The van der Waals surface area contributed by atoms with Gasteiger partial charge in [-0.25, -0.2) is 4.79 Å². The Kier molecular flexibility index (Phi) is 5.60. The summed E-state index contributed by atoms with van der Waals surface area (Å²) in [5, 5.41) is 11.4. The van der Waals surface area contributed by atoms with Gasteiger partial charge in [0.1, 0.15) is 0 Å². The van der Waals surface area contributed by atoms with E-state index in [-0.39, 0.29) is 21.3 Å². The van der Waals surface area contributed by atoms with E-state index >= 15 is 0 Å². The number of halogens is 2. The zero-order valence-electron chi connectivity index (χ0n) is 9.98. The van der Waals surface area contributed by atoms with Crippen molar-refractivity contribution in [1.29, 1.82) is 0 Å². The molecule has 0 radical (unpaired) electrons. The van der Waals surface area contributed by atoms with E-state index in [0.29, 0.717) is 0 Å². The zero-order chi connectivity index (χ0) is 14.4. The molecule has 0 saturated heterocycles. The van der Waals surface area contributed by atoms with Crippen molar-refractivity contribution >= 4 is 40.8 Å². The minimum atomic E-state index is -1.14. The van der Waals surface area contributed by atoms with Crippen molar-refractivity contribution in [3.05, 3.63) is 52.0 Å². The van der Waals surface area contributed by atoms with Gasteiger partial charge in [0.15, 0.2) is 0 Å². The van der Waals surface area contributed by atoms with Crippen molar-refractivity contribution in [1.82, 2.24) is 0 Å². The lowest BCUT2D eigenvalue weighted by Crippen LogP contribution is -2.09. The van der Waals surface area contributed by atoms with Crippen LogP contribution in [-0.2, 0) is 4.79 Å². The standard InChI is InChI=1S/C13H11Cl2NO3/c1-2-3-4-5-11(17)16-12-9(14)6-8(13(18)19)7-10(12)15/h2-7H,1H3,(H,16,17)(H,18,19). The number of carbonyl (C=O) groups excluding carboxylic acids is 1. The average molecular weight is 300 g/mol. The summed E-state index contributed by atoms with van der Waals surface area (Å²) < 4.78 is 0. The summed E-state index contributed by atoms with van der Waals surface area (Å²) in [6, 6.07) is 2.45. The molecule has 1 aromatic rings. The molecule has 0 saturated carbocycles. The molecule has 0 atom stereocenters. The van der Waals surface area contributed by atoms with Gasteiger partial charge in [0.25, 0.3) is 0 Å². The van der Waals surface area contributed by atoms with E-state index in [1.165, 1.54) is 18.2 Å². The number of nitrogens with one attached hydrogen (secondary N) is 1. The summed E-state index contributed by atoms with van der Waals surface area (Å²) >= 11 is 11.8. The fourth-order valence-corrected chi connectivity index (χ4v) is 1.82. The Bertz CT molecular complexity index is 542. The Hall–Kier alpha value is -1.78. The minimum absolute atomic E-state index is 0.0440. The van der Waals surface area contributed by atoms with Crippen LogP contribution < -0.4 is 5.32 Å². The quantitative estimate of drug-likeness (QED) is 0.657. The first kappa shape index (κ1) is 15.3. The Morgan fingerprint density at radius 1 is 1.21 bits per heavy atom. The van der Waals surface area contributed by atoms with Crippen LogP contribution in [0.3, 0.4) is 0 Å². The average Bonchev–Trinajstić information content (AvgIpc) is 2.33. The summed E-state index contributed by atoms with van der Waals surface area (Å²) in [7, 11) is 0. The molecule has 6 heteroatoms. The Morgan fingerprint density at radius 2 is 1.79 bits per heavy atom. The number of hydrogen-bond donors (Lipinski definition) is 2. The first-order chi connectivity index (χ1) is 8.95. The van der Waals surface area contributed by atoms with Gasteiger partial charge in [0, 0.05) is 6.08 Å². The molecular weight excluding hydrogens is 289 g/mol. The van der Waals surface area contributed by atoms with Crippen LogP contribution in [0.1, 0.15) is 17.3 Å². The number of amides is 1. The summed E-state index contributed by atoms with van der Waals surface area (Å²) in [4.78, 5) is 22.3. The van der Waals surface area contributed by atoms with Crippen LogP contribution >= 0.6 is 23.2 Å². The van der Waals surface area contributed by atoms with Gasteiger partial charge >= 0.3 is 5.97 Å². The first-order valence-electron chi connectivity index (χ1n) is 5.28. The lowest BCUT2D eigenvalue weighted by molar-refractivity contribution is -0.111. The molecule has 0 aliphatic rings. The maximum Gasteiger partial charge on any atom is 0.335 e. The maximum absolute atomic E-state index is 11.5. The predicted octanol–water partition coefficient (Wildman–Crippen LogP) is 3.76. The van der Waals surface area contributed by atoms with Crippen LogP contribution in [0.15, 0.2) is 36.4 Å². The van der Waals surface area contributed by atoms with Crippen LogP contribution in [0, 0.1) is 0 Å². The van der Waals surface area contributed by atoms with E-state index < -0.39 is 11.9 Å². The molecule has 1 rings (SSSR count). The van der Waals surface area contributed by atoms with Crippen LogP contribution in [0.5, 0.6) is 0 Å². The normalized spacial score (nSPS) is 11.1. The summed E-state index contributed by atoms with van der Waals surface area (Å²) in [5.74, 6) is -1.56.